The molecule has 0 saturated carbocycles. The Morgan fingerprint density at radius 3 is 2.43 bits per heavy atom. The summed E-state index contributed by atoms with van der Waals surface area (Å²) in [4.78, 5) is 25.9. The molecule has 0 bridgehead atoms. The van der Waals surface area contributed by atoms with Crippen LogP contribution in [0, 0.1) is 0 Å². The summed E-state index contributed by atoms with van der Waals surface area (Å²) < 4.78 is 0.961. The minimum Gasteiger partial charge on any atom is -0.506 e. The molecular weight excluding hydrogens is 486 g/mol. The van der Waals surface area contributed by atoms with Crippen LogP contribution in [0.4, 0.5) is 0 Å². The maximum atomic E-state index is 12.4. The van der Waals surface area contributed by atoms with Crippen molar-refractivity contribution in [2.24, 2.45) is 5.10 Å². The number of halogens is 1. The predicted molar refractivity (Wildman–Crippen MR) is 126 cm³/mol. The third-order valence-corrected chi connectivity index (χ3v) is 6.81. The second kappa shape index (κ2) is 10.0. The van der Waals surface area contributed by atoms with Gasteiger partial charge in [0.25, 0.3) is 11.8 Å². The van der Waals surface area contributed by atoms with Crippen LogP contribution in [0.15, 0.2) is 51.4 Å². The first-order valence-electron chi connectivity index (χ1n) is 9.20. The van der Waals surface area contributed by atoms with E-state index in [9.17, 15) is 14.7 Å². The summed E-state index contributed by atoms with van der Waals surface area (Å²) in [5.74, 6) is -0.468. The number of hydrogen-bond donors (Lipinski definition) is 3. The summed E-state index contributed by atoms with van der Waals surface area (Å²) in [5.41, 5.74) is 4.43. The molecule has 0 radical (unpaired) electrons. The van der Waals surface area contributed by atoms with E-state index in [1.54, 1.807) is 24.4 Å². The van der Waals surface area contributed by atoms with Gasteiger partial charge in [-0.1, -0.05) is 35.0 Å². The van der Waals surface area contributed by atoms with Gasteiger partial charge in [0.15, 0.2) is 0 Å². The van der Waals surface area contributed by atoms with Crippen molar-refractivity contribution < 1.29 is 14.7 Å². The third-order valence-electron chi connectivity index (χ3n) is 4.18. The average Bonchev–Trinajstić information content (AvgIpc) is 3.38. The van der Waals surface area contributed by atoms with Crippen molar-refractivity contribution in [3.8, 4) is 16.2 Å². The minimum atomic E-state index is -0.406. The van der Waals surface area contributed by atoms with Crippen LogP contribution in [0.2, 0.25) is 0 Å². The fourth-order valence-electron chi connectivity index (χ4n) is 2.57. The number of benzene rings is 1. The van der Waals surface area contributed by atoms with Gasteiger partial charge in [-0.3, -0.25) is 9.59 Å². The maximum absolute atomic E-state index is 12.4. The molecule has 0 atom stereocenters. The number of nitrogens with zero attached hydrogens (tertiary/aromatic N) is 1. The molecule has 156 valence electrons. The summed E-state index contributed by atoms with van der Waals surface area (Å²) >= 11 is 5.91. The van der Waals surface area contributed by atoms with E-state index in [2.05, 4.69) is 31.8 Å². The van der Waals surface area contributed by atoms with E-state index in [0.717, 1.165) is 32.7 Å². The van der Waals surface area contributed by atoms with Crippen LogP contribution in [-0.2, 0) is 0 Å². The number of rotatable bonds is 7. The van der Waals surface area contributed by atoms with E-state index in [1.807, 2.05) is 31.2 Å². The molecule has 30 heavy (non-hydrogen) atoms. The van der Waals surface area contributed by atoms with Crippen LogP contribution in [0.25, 0.3) is 10.4 Å². The van der Waals surface area contributed by atoms with Crippen molar-refractivity contribution in [1.29, 1.82) is 0 Å². The Hall–Kier alpha value is -2.49. The summed E-state index contributed by atoms with van der Waals surface area (Å²) in [5, 5.41) is 19.3. The highest BCUT2D eigenvalue weighted by atomic mass is 79.9. The number of hydrogen-bond acceptors (Lipinski definition) is 6. The number of carbonyl (C=O) groups excluding carboxylic acids is 2. The van der Waals surface area contributed by atoms with Crippen molar-refractivity contribution in [3.05, 3.63) is 61.6 Å². The lowest BCUT2D eigenvalue weighted by atomic mass is 10.1. The van der Waals surface area contributed by atoms with Gasteiger partial charge in [-0.25, -0.2) is 5.43 Å². The van der Waals surface area contributed by atoms with E-state index in [-0.39, 0.29) is 11.7 Å². The first kappa shape index (κ1) is 22.2. The van der Waals surface area contributed by atoms with Crippen LogP contribution in [0.5, 0.6) is 5.75 Å². The van der Waals surface area contributed by atoms with Crippen molar-refractivity contribution in [2.75, 3.05) is 6.54 Å². The Kier molecular flexibility index (Phi) is 7.41. The highest BCUT2D eigenvalue weighted by Crippen LogP contribution is 2.39. The lowest BCUT2D eigenvalue weighted by Crippen LogP contribution is -2.23. The molecule has 0 spiro atoms. The monoisotopic (exact) mass is 505 g/mol. The molecule has 3 rings (SSSR count). The molecule has 0 aliphatic heterocycles. The molecule has 3 aromatic rings. The lowest BCUT2D eigenvalue weighted by molar-refractivity contribution is 0.0951. The fraction of sp³-hybridized carbons (Fsp3) is 0.190. The Morgan fingerprint density at radius 1 is 1.10 bits per heavy atom. The zero-order chi connectivity index (χ0) is 21.7. The zero-order valence-corrected chi connectivity index (χ0v) is 19.6. The molecule has 0 fully saturated rings. The summed E-state index contributed by atoms with van der Waals surface area (Å²) in [6.45, 7) is 4.28. The molecular formula is C21H20BrN3O3S2. The number of nitrogens with one attached hydrogen (secondary N) is 2. The van der Waals surface area contributed by atoms with Crippen LogP contribution in [-0.4, -0.2) is 29.2 Å². The van der Waals surface area contributed by atoms with Crippen LogP contribution >= 0.6 is 38.6 Å². The molecule has 2 aromatic heterocycles. The lowest BCUT2D eigenvalue weighted by Gasteiger charge is -2.03. The Morgan fingerprint density at radius 2 is 1.77 bits per heavy atom. The van der Waals surface area contributed by atoms with Gasteiger partial charge in [0.2, 0.25) is 0 Å². The number of aromatic hydroxyl groups is 1. The van der Waals surface area contributed by atoms with E-state index in [4.69, 9.17) is 0 Å². The molecule has 0 aliphatic carbocycles. The summed E-state index contributed by atoms with van der Waals surface area (Å²) in [6, 6.07) is 10.9. The highest BCUT2D eigenvalue weighted by molar-refractivity contribution is 9.10. The Labute approximate surface area is 190 Å². The molecule has 3 N–H and O–H groups in total. The van der Waals surface area contributed by atoms with Crippen LogP contribution in [0.1, 0.15) is 45.2 Å². The smallest absolute Gasteiger partial charge is 0.281 e. The van der Waals surface area contributed by atoms with E-state index < -0.39 is 5.91 Å². The molecule has 6 nitrogen and oxygen atoms in total. The van der Waals surface area contributed by atoms with Gasteiger partial charge in [0.05, 0.1) is 25.9 Å². The quantitative estimate of drug-likeness (QED) is 0.303. The predicted octanol–water partition coefficient (Wildman–Crippen LogP) is 5.24. The standard InChI is InChI=1S/C21H20BrN3O3S2/c1-3-10-23-20(27)16-8-9-17(30-16)21(28)25-24-12(2)15-11-29-19(18(15)26)13-4-6-14(22)7-5-13/h4-9,11,26H,3,10H2,1-2H3,(H,23,27)(H,25,28). The Bertz CT molecular complexity index is 1090. The van der Waals surface area contributed by atoms with Crippen LogP contribution in [0.3, 0.4) is 0 Å². The average molecular weight is 506 g/mol. The minimum absolute atomic E-state index is 0.129. The van der Waals surface area contributed by atoms with Gasteiger partial charge in [0.1, 0.15) is 5.75 Å². The first-order chi connectivity index (χ1) is 14.4. The molecule has 2 amide bonds. The van der Waals surface area contributed by atoms with E-state index >= 15 is 0 Å². The molecule has 0 saturated heterocycles. The van der Waals surface area contributed by atoms with Gasteiger partial charge < -0.3 is 10.4 Å². The number of amides is 2. The third kappa shape index (κ3) is 5.16. The molecule has 1 aromatic carbocycles. The summed E-state index contributed by atoms with van der Waals surface area (Å²) in [7, 11) is 0. The first-order valence-corrected chi connectivity index (χ1v) is 11.7. The summed E-state index contributed by atoms with van der Waals surface area (Å²) in [6.07, 6.45) is 0.845. The second-order valence-corrected chi connectivity index (χ2v) is 9.27. The van der Waals surface area contributed by atoms with Crippen molar-refractivity contribution in [2.45, 2.75) is 20.3 Å². The molecule has 0 aliphatic rings. The topological polar surface area (TPSA) is 90.8 Å². The molecule has 9 heteroatoms. The van der Waals surface area contributed by atoms with Gasteiger partial charge in [-0.05, 0) is 43.2 Å². The second-order valence-electron chi connectivity index (χ2n) is 6.39. The molecule has 2 heterocycles. The van der Waals surface area contributed by atoms with Gasteiger partial charge in [-0.15, -0.1) is 22.7 Å². The largest absolute Gasteiger partial charge is 0.506 e. The highest BCUT2D eigenvalue weighted by Gasteiger charge is 2.16. The van der Waals surface area contributed by atoms with E-state index in [1.165, 1.54) is 11.3 Å². The number of carbonyl (C=O) groups is 2. The van der Waals surface area contributed by atoms with Crippen LogP contribution < -0.4 is 10.7 Å². The van der Waals surface area contributed by atoms with Crippen molar-refractivity contribution >= 4 is 56.1 Å². The van der Waals surface area contributed by atoms with Gasteiger partial charge >= 0.3 is 0 Å². The van der Waals surface area contributed by atoms with Gasteiger partial charge in [-0.2, -0.15) is 5.10 Å². The molecule has 0 unspecified atom stereocenters. The SMILES string of the molecule is CCCNC(=O)c1ccc(C(=O)NN=C(C)c2csc(-c3ccc(Br)cc3)c2O)s1. The number of hydrazone groups is 1. The van der Waals surface area contributed by atoms with Crippen molar-refractivity contribution in [3.63, 3.8) is 0 Å². The van der Waals surface area contributed by atoms with Gasteiger partial charge in [0, 0.05) is 16.4 Å². The fourth-order valence-corrected chi connectivity index (χ4v) is 4.66. The zero-order valence-electron chi connectivity index (χ0n) is 16.4. The maximum Gasteiger partial charge on any atom is 0.281 e. The van der Waals surface area contributed by atoms with E-state index in [0.29, 0.717) is 27.6 Å². The Balaban J connectivity index is 1.69. The normalized spacial score (nSPS) is 11.4. The van der Waals surface area contributed by atoms with Crippen molar-refractivity contribution in [1.82, 2.24) is 10.7 Å². The number of thiophene rings is 2.